The summed E-state index contributed by atoms with van der Waals surface area (Å²) in [6.07, 6.45) is 10.6. The standard InChI is InChI=1S/C13H22N2O/c1-2-8-15-10-14-9-12(15)13(16)11-6-4-3-5-7-11/h9-11,13,16H,2-8H2,1H3. The molecule has 1 aliphatic rings. The summed E-state index contributed by atoms with van der Waals surface area (Å²) >= 11 is 0. The molecule has 0 radical (unpaired) electrons. The molecule has 1 aromatic heterocycles. The molecule has 1 aromatic rings. The minimum absolute atomic E-state index is 0.311. The summed E-state index contributed by atoms with van der Waals surface area (Å²) in [5.41, 5.74) is 1.01. The van der Waals surface area contributed by atoms with Gasteiger partial charge in [0.15, 0.2) is 0 Å². The predicted octanol–water partition coefficient (Wildman–Crippen LogP) is 2.91. The van der Waals surface area contributed by atoms with Gasteiger partial charge in [0, 0.05) is 6.54 Å². The molecule has 0 amide bonds. The van der Waals surface area contributed by atoms with E-state index in [2.05, 4.69) is 16.5 Å². The zero-order chi connectivity index (χ0) is 11.4. The van der Waals surface area contributed by atoms with Gasteiger partial charge in [0.1, 0.15) is 0 Å². The summed E-state index contributed by atoms with van der Waals surface area (Å²) in [5.74, 6) is 0.445. The van der Waals surface area contributed by atoms with Crippen LogP contribution in [-0.2, 0) is 6.54 Å². The molecule has 0 saturated heterocycles. The Bertz CT molecular complexity index is 315. The Morgan fingerprint density at radius 2 is 2.19 bits per heavy atom. The number of aliphatic hydroxyl groups excluding tert-OH is 1. The van der Waals surface area contributed by atoms with Crippen LogP contribution in [0.2, 0.25) is 0 Å². The Kier molecular flexibility index (Phi) is 3.99. The quantitative estimate of drug-likeness (QED) is 0.850. The molecular weight excluding hydrogens is 200 g/mol. The van der Waals surface area contributed by atoms with E-state index >= 15 is 0 Å². The number of nitrogens with zero attached hydrogens (tertiary/aromatic N) is 2. The van der Waals surface area contributed by atoms with E-state index in [1.165, 1.54) is 32.1 Å². The maximum Gasteiger partial charge on any atom is 0.0983 e. The molecule has 3 nitrogen and oxygen atoms in total. The first-order chi connectivity index (χ1) is 7.83. The summed E-state index contributed by atoms with van der Waals surface area (Å²) in [7, 11) is 0. The number of rotatable bonds is 4. The zero-order valence-electron chi connectivity index (χ0n) is 10.1. The highest BCUT2D eigenvalue weighted by Crippen LogP contribution is 2.34. The van der Waals surface area contributed by atoms with E-state index in [4.69, 9.17) is 0 Å². The fourth-order valence-corrected chi connectivity index (χ4v) is 2.70. The highest BCUT2D eigenvalue weighted by atomic mass is 16.3. The van der Waals surface area contributed by atoms with Crippen LogP contribution in [0.4, 0.5) is 0 Å². The van der Waals surface area contributed by atoms with Crippen LogP contribution in [0.25, 0.3) is 0 Å². The van der Waals surface area contributed by atoms with Crippen molar-refractivity contribution in [2.45, 2.75) is 58.1 Å². The Morgan fingerprint density at radius 1 is 1.44 bits per heavy atom. The van der Waals surface area contributed by atoms with Crippen molar-refractivity contribution in [2.75, 3.05) is 0 Å². The lowest BCUT2D eigenvalue weighted by Gasteiger charge is -2.27. The van der Waals surface area contributed by atoms with E-state index in [1.54, 1.807) is 0 Å². The van der Waals surface area contributed by atoms with Gasteiger partial charge in [0.05, 0.1) is 24.3 Å². The van der Waals surface area contributed by atoms with Crippen molar-refractivity contribution in [3.63, 3.8) is 0 Å². The minimum Gasteiger partial charge on any atom is -0.387 e. The summed E-state index contributed by atoms with van der Waals surface area (Å²) in [6.45, 7) is 3.11. The molecule has 1 N–H and O–H groups in total. The van der Waals surface area contributed by atoms with Gasteiger partial charge in [-0.3, -0.25) is 0 Å². The maximum atomic E-state index is 10.4. The molecule has 90 valence electrons. The normalized spacial score (nSPS) is 19.9. The monoisotopic (exact) mass is 222 g/mol. The average molecular weight is 222 g/mol. The lowest BCUT2D eigenvalue weighted by atomic mass is 9.84. The highest BCUT2D eigenvalue weighted by molar-refractivity contribution is 5.04. The molecule has 0 spiro atoms. The van der Waals surface area contributed by atoms with Crippen molar-refractivity contribution in [1.29, 1.82) is 0 Å². The summed E-state index contributed by atoms with van der Waals surface area (Å²) < 4.78 is 2.10. The highest BCUT2D eigenvalue weighted by Gasteiger charge is 2.25. The lowest BCUT2D eigenvalue weighted by Crippen LogP contribution is -2.18. The van der Waals surface area contributed by atoms with Crippen molar-refractivity contribution in [2.24, 2.45) is 5.92 Å². The summed E-state index contributed by atoms with van der Waals surface area (Å²) in [5, 5.41) is 10.4. The van der Waals surface area contributed by atoms with Gasteiger partial charge in [-0.15, -0.1) is 0 Å². The Morgan fingerprint density at radius 3 is 2.88 bits per heavy atom. The summed E-state index contributed by atoms with van der Waals surface area (Å²) in [6, 6.07) is 0. The van der Waals surface area contributed by atoms with Crippen LogP contribution in [-0.4, -0.2) is 14.7 Å². The molecular formula is C13H22N2O. The van der Waals surface area contributed by atoms with E-state index in [-0.39, 0.29) is 6.10 Å². The van der Waals surface area contributed by atoms with Gasteiger partial charge in [0.25, 0.3) is 0 Å². The van der Waals surface area contributed by atoms with Gasteiger partial charge >= 0.3 is 0 Å². The van der Waals surface area contributed by atoms with E-state index in [0.29, 0.717) is 5.92 Å². The first kappa shape index (κ1) is 11.6. The number of aryl methyl sites for hydroxylation is 1. The Labute approximate surface area is 97.5 Å². The third kappa shape index (κ3) is 2.46. The van der Waals surface area contributed by atoms with Crippen LogP contribution in [0.15, 0.2) is 12.5 Å². The van der Waals surface area contributed by atoms with Gasteiger partial charge in [-0.25, -0.2) is 4.98 Å². The van der Waals surface area contributed by atoms with Crippen molar-refractivity contribution in [1.82, 2.24) is 9.55 Å². The zero-order valence-corrected chi connectivity index (χ0v) is 10.1. The molecule has 0 aromatic carbocycles. The number of aromatic nitrogens is 2. The molecule has 1 heterocycles. The van der Waals surface area contributed by atoms with Gasteiger partial charge in [0.2, 0.25) is 0 Å². The second-order valence-corrected chi connectivity index (χ2v) is 4.85. The fraction of sp³-hybridized carbons (Fsp3) is 0.769. The second-order valence-electron chi connectivity index (χ2n) is 4.85. The summed E-state index contributed by atoms with van der Waals surface area (Å²) in [4.78, 5) is 4.16. The molecule has 3 heteroatoms. The van der Waals surface area contributed by atoms with Crippen LogP contribution in [0.1, 0.15) is 57.2 Å². The van der Waals surface area contributed by atoms with Crippen LogP contribution in [0.3, 0.4) is 0 Å². The minimum atomic E-state index is -0.311. The van der Waals surface area contributed by atoms with Crippen molar-refractivity contribution < 1.29 is 5.11 Å². The fourth-order valence-electron chi connectivity index (χ4n) is 2.70. The number of imidazole rings is 1. The molecule has 1 fully saturated rings. The van der Waals surface area contributed by atoms with Crippen molar-refractivity contribution in [3.8, 4) is 0 Å². The Hall–Kier alpha value is -0.830. The van der Waals surface area contributed by atoms with Gasteiger partial charge in [-0.2, -0.15) is 0 Å². The SMILES string of the molecule is CCCn1cncc1C(O)C1CCCCC1. The third-order valence-electron chi connectivity index (χ3n) is 3.61. The van der Waals surface area contributed by atoms with E-state index in [1.807, 2.05) is 12.5 Å². The largest absolute Gasteiger partial charge is 0.387 e. The molecule has 1 atom stereocenters. The average Bonchev–Trinajstić information content (AvgIpc) is 2.78. The lowest BCUT2D eigenvalue weighted by molar-refractivity contribution is 0.0778. The molecule has 1 unspecified atom stereocenters. The molecule has 16 heavy (non-hydrogen) atoms. The van der Waals surface area contributed by atoms with Crippen LogP contribution >= 0.6 is 0 Å². The smallest absolute Gasteiger partial charge is 0.0983 e. The van der Waals surface area contributed by atoms with Crippen molar-refractivity contribution in [3.05, 3.63) is 18.2 Å². The van der Waals surface area contributed by atoms with E-state index < -0.39 is 0 Å². The molecule has 0 bridgehead atoms. The molecule has 0 aliphatic heterocycles. The molecule has 1 saturated carbocycles. The first-order valence-corrected chi connectivity index (χ1v) is 6.51. The topological polar surface area (TPSA) is 38.0 Å². The van der Waals surface area contributed by atoms with Gasteiger partial charge in [-0.1, -0.05) is 26.2 Å². The molecule has 2 rings (SSSR count). The van der Waals surface area contributed by atoms with Crippen LogP contribution < -0.4 is 0 Å². The third-order valence-corrected chi connectivity index (χ3v) is 3.61. The number of hydrogen-bond acceptors (Lipinski definition) is 2. The molecule has 1 aliphatic carbocycles. The van der Waals surface area contributed by atoms with Gasteiger partial charge in [-0.05, 0) is 25.2 Å². The van der Waals surface area contributed by atoms with Crippen LogP contribution in [0.5, 0.6) is 0 Å². The maximum absolute atomic E-state index is 10.4. The number of aliphatic hydroxyl groups is 1. The predicted molar refractivity (Wildman–Crippen MR) is 64.1 cm³/mol. The van der Waals surface area contributed by atoms with Crippen LogP contribution in [0, 0.1) is 5.92 Å². The van der Waals surface area contributed by atoms with E-state index in [9.17, 15) is 5.11 Å². The Balaban J connectivity index is 2.06. The van der Waals surface area contributed by atoms with Gasteiger partial charge < -0.3 is 9.67 Å². The number of hydrogen-bond donors (Lipinski definition) is 1. The second kappa shape index (κ2) is 5.48. The first-order valence-electron chi connectivity index (χ1n) is 6.51. The van der Waals surface area contributed by atoms with E-state index in [0.717, 1.165) is 18.7 Å². The van der Waals surface area contributed by atoms with Crippen molar-refractivity contribution >= 4 is 0 Å².